The molecule has 2 unspecified atom stereocenters. The number of nitroso groups, excluding NO2 is 1. The Morgan fingerprint density at radius 2 is 1.55 bits per heavy atom. The van der Waals surface area contributed by atoms with Crippen molar-refractivity contribution in [2.75, 3.05) is 18.4 Å². The van der Waals surface area contributed by atoms with Gasteiger partial charge in [0.1, 0.15) is 30.0 Å². The highest BCUT2D eigenvalue weighted by Crippen LogP contribution is 2.19. The summed E-state index contributed by atoms with van der Waals surface area (Å²) < 4.78 is 16.4. The van der Waals surface area contributed by atoms with Crippen LogP contribution in [0.1, 0.15) is 59.9 Å². The molecule has 0 saturated heterocycles. The van der Waals surface area contributed by atoms with Gasteiger partial charge in [-0.15, -0.1) is 0 Å². The van der Waals surface area contributed by atoms with Crippen molar-refractivity contribution < 1.29 is 42.9 Å². The molecular weight excluding hydrogens is 612 g/mol. The molecule has 0 aliphatic heterocycles. The molecule has 6 N–H and O–H groups in total. The van der Waals surface area contributed by atoms with Gasteiger partial charge < -0.3 is 41.2 Å². The van der Waals surface area contributed by atoms with Crippen LogP contribution in [0, 0.1) is 10.8 Å². The third kappa shape index (κ3) is 14.2. The average molecular weight is 658 g/mol. The number of anilines is 1. The number of urea groups is 1. The zero-order valence-electron chi connectivity index (χ0n) is 27.6. The van der Waals surface area contributed by atoms with Gasteiger partial charge >= 0.3 is 18.3 Å². The molecule has 0 heterocycles. The summed E-state index contributed by atoms with van der Waals surface area (Å²) in [6.07, 6.45) is -1.23. The molecule has 0 bridgehead atoms. The lowest BCUT2D eigenvalue weighted by Crippen LogP contribution is -2.55. The number of nitrogens with two attached hydrogens (primary N) is 1. The first-order chi connectivity index (χ1) is 22.1. The third-order valence-corrected chi connectivity index (χ3v) is 6.41. The molecule has 15 heteroatoms. The van der Waals surface area contributed by atoms with Crippen molar-refractivity contribution in [3.05, 3.63) is 59.0 Å². The van der Waals surface area contributed by atoms with Gasteiger partial charge in [0, 0.05) is 34.0 Å². The molecule has 2 aromatic carbocycles. The highest BCUT2D eigenvalue weighted by molar-refractivity contribution is 5.98. The lowest BCUT2D eigenvalue weighted by atomic mass is 10.0. The average Bonchev–Trinajstić information content (AvgIpc) is 2.99. The van der Waals surface area contributed by atoms with Gasteiger partial charge in [-0.3, -0.25) is 9.59 Å². The number of nitrogens with one attached hydrogen (secondary N) is 4. The predicted molar refractivity (Wildman–Crippen MR) is 173 cm³/mol. The summed E-state index contributed by atoms with van der Waals surface area (Å²) in [6.45, 7) is 10.7. The van der Waals surface area contributed by atoms with Crippen LogP contribution in [-0.2, 0) is 25.7 Å². The summed E-state index contributed by atoms with van der Waals surface area (Å²) in [5.41, 5.74) is 5.80. The van der Waals surface area contributed by atoms with E-state index in [0.29, 0.717) is 23.4 Å². The van der Waals surface area contributed by atoms with Crippen molar-refractivity contribution in [3.63, 3.8) is 0 Å². The number of primary amides is 1. The van der Waals surface area contributed by atoms with E-state index in [2.05, 4.69) is 21.3 Å². The molecular formula is C32H45N6O9+. The van der Waals surface area contributed by atoms with Crippen LogP contribution in [0.2, 0.25) is 0 Å². The summed E-state index contributed by atoms with van der Waals surface area (Å²) in [5, 5.41) is 10.4. The fourth-order valence-corrected chi connectivity index (χ4v) is 4.06. The van der Waals surface area contributed by atoms with Crippen molar-refractivity contribution in [1.82, 2.24) is 16.0 Å². The van der Waals surface area contributed by atoms with Gasteiger partial charge in [-0.05, 0) is 76.3 Å². The van der Waals surface area contributed by atoms with Crippen LogP contribution < -0.4 is 31.7 Å². The molecule has 0 fully saturated rings. The molecule has 47 heavy (non-hydrogen) atoms. The molecule has 0 aromatic heterocycles. The van der Waals surface area contributed by atoms with E-state index in [9.17, 15) is 28.9 Å². The smallest absolute Gasteiger partial charge is 0.444 e. The fourth-order valence-electron chi connectivity index (χ4n) is 4.06. The van der Waals surface area contributed by atoms with Crippen molar-refractivity contribution in [2.45, 2.75) is 78.7 Å². The predicted octanol–water partition coefficient (Wildman–Crippen LogP) is 4.25. The molecule has 2 rings (SSSR count). The van der Waals surface area contributed by atoms with Gasteiger partial charge in [0.25, 0.3) is 5.69 Å². The summed E-state index contributed by atoms with van der Waals surface area (Å²) in [6, 6.07) is 9.76. The second kappa shape index (κ2) is 18.1. The molecule has 5 amide bonds. The molecule has 0 saturated carbocycles. The molecule has 0 spiro atoms. The van der Waals surface area contributed by atoms with E-state index < -0.39 is 47.8 Å². The molecule has 2 aromatic rings. The fraction of sp³-hybridized carbons (Fsp3) is 0.469. The van der Waals surface area contributed by atoms with Crippen LogP contribution in [0.3, 0.4) is 0 Å². The minimum Gasteiger partial charge on any atom is -0.444 e. The first kappa shape index (κ1) is 38.0. The molecule has 0 radical (unpaired) electrons. The van der Waals surface area contributed by atoms with E-state index in [1.165, 1.54) is 24.3 Å². The number of alkyl carbamates (subject to hydrolysis) is 1. The highest BCUT2D eigenvalue weighted by Gasteiger charge is 2.30. The largest absolute Gasteiger partial charge is 0.514 e. The standard InChI is InChI=1S/C32H44N6O9/c1-7-38(44)23-14-16-24(17-15-23)46-31(43)45-19-21-10-12-22(13-11-21)35-27(39)25(9-8-18-34-29(33)41)36-28(40)26(20(2)3)37-30(42)47-32(4,5)6/h10-17,20,25-26H,7-9,18-19H2,1-6H3,(H5-,33,34,35,36,37,39,40,41,42)/p+1. The minimum atomic E-state index is -1.02. The number of carbonyl (C=O) groups is 5. The zero-order valence-corrected chi connectivity index (χ0v) is 27.6. The number of rotatable bonds is 15. The van der Waals surface area contributed by atoms with Crippen molar-refractivity contribution in [1.29, 1.82) is 0 Å². The Hall–Kier alpha value is -5.21. The molecule has 2 atom stereocenters. The zero-order chi connectivity index (χ0) is 35.1. The van der Waals surface area contributed by atoms with Gasteiger partial charge in [-0.2, -0.15) is 0 Å². The maximum atomic E-state index is 13.3. The Bertz CT molecular complexity index is 1390. The molecule has 0 aliphatic rings. The van der Waals surface area contributed by atoms with Gasteiger partial charge in [0.2, 0.25) is 11.8 Å². The second-order valence-corrected chi connectivity index (χ2v) is 11.9. The first-order valence-corrected chi connectivity index (χ1v) is 15.2. The van der Waals surface area contributed by atoms with Crippen molar-refractivity contribution >= 4 is 41.5 Å². The minimum absolute atomic E-state index is 0.109. The number of carbonyl (C=O) groups excluding carboxylic acids is 5. The van der Waals surface area contributed by atoms with Crippen LogP contribution >= 0.6 is 0 Å². The Kier molecular flexibility index (Phi) is 14.6. The SMILES string of the molecule is CC[N+](=O)c1ccc(OC(=O)OCc2ccc(NC(=O)C(CCCNC(N)=O)NC(=O)C(NC(=O)OC(C)(C)C)C(C)C)cc2)cc1. The number of hydrogen-bond acceptors (Lipinski definition) is 9. The lowest BCUT2D eigenvalue weighted by molar-refractivity contribution is -0.458. The maximum Gasteiger partial charge on any atom is 0.514 e. The van der Waals surface area contributed by atoms with Crippen LogP contribution in [-0.4, -0.2) is 65.6 Å². The Labute approximate surface area is 273 Å². The summed E-state index contributed by atoms with van der Waals surface area (Å²) in [4.78, 5) is 73.7. The number of ether oxygens (including phenoxy) is 3. The molecule has 0 aliphatic carbocycles. The highest BCUT2D eigenvalue weighted by atomic mass is 16.7. The summed E-state index contributed by atoms with van der Waals surface area (Å²) in [7, 11) is 0. The summed E-state index contributed by atoms with van der Waals surface area (Å²) >= 11 is 0. The first-order valence-electron chi connectivity index (χ1n) is 15.2. The van der Waals surface area contributed by atoms with Crippen LogP contribution in [0.25, 0.3) is 0 Å². The monoisotopic (exact) mass is 657 g/mol. The second-order valence-electron chi connectivity index (χ2n) is 11.9. The maximum absolute atomic E-state index is 13.3. The van der Waals surface area contributed by atoms with Crippen LogP contribution in [0.4, 0.5) is 25.8 Å². The van der Waals surface area contributed by atoms with E-state index >= 15 is 0 Å². The number of amides is 5. The van der Waals surface area contributed by atoms with E-state index in [4.69, 9.17) is 19.9 Å². The van der Waals surface area contributed by atoms with Crippen molar-refractivity contribution in [2.24, 2.45) is 11.7 Å². The number of nitrogens with zero attached hydrogens (tertiary/aromatic N) is 1. The van der Waals surface area contributed by atoms with E-state index in [1.807, 2.05) is 0 Å². The Morgan fingerprint density at radius 3 is 2.11 bits per heavy atom. The Morgan fingerprint density at radius 1 is 0.915 bits per heavy atom. The van der Waals surface area contributed by atoms with Gasteiger partial charge in [0.05, 0.1) is 0 Å². The lowest BCUT2D eigenvalue weighted by Gasteiger charge is -2.27. The van der Waals surface area contributed by atoms with Gasteiger partial charge in [-0.25, -0.2) is 14.4 Å². The number of hydrogen-bond donors (Lipinski definition) is 5. The quantitative estimate of drug-likeness (QED) is 0.0802. The van der Waals surface area contributed by atoms with Crippen LogP contribution in [0.5, 0.6) is 5.75 Å². The van der Waals surface area contributed by atoms with E-state index in [-0.39, 0.29) is 37.8 Å². The van der Waals surface area contributed by atoms with Crippen molar-refractivity contribution in [3.8, 4) is 5.75 Å². The molecule has 15 nitrogen and oxygen atoms in total. The molecule has 256 valence electrons. The van der Waals surface area contributed by atoms with Crippen LogP contribution in [0.15, 0.2) is 48.5 Å². The normalized spacial score (nSPS) is 12.2. The van der Waals surface area contributed by atoms with Gasteiger partial charge in [0.15, 0.2) is 6.54 Å². The third-order valence-electron chi connectivity index (χ3n) is 6.41. The number of benzene rings is 2. The summed E-state index contributed by atoms with van der Waals surface area (Å²) in [5.74, 6) is -1.23. The van der Waals surface area contributed by atoms with E-state index in [0.717, 1.165) is 4.76 Å². The Balaban J connectivity index is 2.01. The van der Waals surface area contributed by atoms with Gasteiger partial charge in [-0.1, -0.05) is 26.0 Å². The van der Waals surface area contributed by atoms with E-state index in [1.54, 1.807) is 65.8 Å². The topological polar surface area (TPSA) is 207 Å².